The Kier molecular flexibility index (Phi) is 9.00. The van der Waals surface area contributed by atoms with Gasteiger partial charge >= 0.3 is 12.1 Å². The molecule has 5 heteroatoms. The molecule has 0 aromatic heterocycles. The van der Waals surface area contributed by atoms with Crippen LogP contribution in [0.15, 0.2) is 0 Å². The summed E-state index contributed by atoms with van der Waals surface area (Å²) >= 11 is 0. The smallest absolute Gasteiger partial charge is 0.407 e. The van der Waals surface area contributed by atoms with Crippen LogP contribution in [0.1, 0.15) is 47.5 Å². The molecule has 0 spiro atoms. The molecular formula is C14H27NO4. The zero-order valence-electron chi connectivity index (χ0n) is 12.7. The predicted molar refractivity (Wildman–Crippen MR) is 73.8 cm³/mol. The van der Waals surface area contributed by atoms with Crippen molar-refractivity contribution in [3.8, 4) is 0 Å². The van der Waals surface area contributed by atoms with Crippen molar-refractivity contribution >= 4 is 12.1 Å². The highest BCUT2D eigenvalue weighted by atomic mass is 16.6. The monoisotopic (exact) mass is 273 g/mol. The molecule has 0 saturated heterocycles. The van der Waals surface area contributed by atoms with Crippen LogP contribution in [0.3, 0.4) is 0 Å². The first-order valence-electron chi connectivity index (χ1n) is 6.96. The Morgan fingerprint density at radius 1 is 1.05 bits per heavy atom. The van der Waals surface area contributed by atoms with Crippen molar-refractivity contribution in [3.05, 3.63) is 0 Å². The van der Waals surface area contributed by atoms with E-state index in [1.807, 2.05) is 34.6 Å². The third-order valence-electron chi connectivity index (χ3n) is 2.28. The van der Waals surface area contributed by atoms with E-state index in [4.69, 9.17) is 9.47 Å². The number of carbonyl (C=O) groups excluding carboxylic acids is 2. The van der Waals surface area contributed by atoms with Crippen LogP contribution in [0, 0.1) is 11.8 Å². The molecule has 0 bridgehead atoms. The number of hydrogen-bond donors (Lipinski definition) is 1. The number of alkyl carbamates (subject to hydrolysis) is 1. The Morgan fingerprint density at radius 2 is 1.68 bits per heavy atom. The minimum Gasteiger partial charge on any atom is -0.464 e. The molecule has 0 aliphatic rings. The molecule has 19 heavy (non-hydrogen) atoms. The standard InChI is InChI=1S/C14H27NO4/c1-6-7-18-14(17)15-12(8-10(2)3)13(16)19-9-11(4)5/h10-12H,6-9H2,1-5H3,(H,15,17)/t12-/m0/s1. The largest absolute Gasteiger partial charge is 0.464 e. The van der Waals surface area contributed by atoms with Crippen LogP contribution in [0.25, 0.3) is 0 Å². The van der Waals surface area contributed by atoms with Crippen LogP contribution >= 0.6 is 0 Å². The van der Waals surface area contributed by atoms with Gasteiger partial charge in [-0.3, -0.25) is 0 Å². The molecule has 0 fully saturated rings. The molecule has 0 rings (SSSR count). The number of hydrogen-bond acceptors (Lipinski definition) is 4. The van der Waals surface area contributed by atoms with Crippen LogP contribution in [-0.4, -0.2) is 31.3 Å². The third kappa shape index (κ3) is 9.33. The first kappa shape index (κ1) is 17.7. The second kappa shape index (κ2) is 9.64. The summed E-state index contributed by atoms with van der Waals surface area (Å²) in [7, 11) is 0. The highest BCUT2D eigenvalue weighted by Crippen LogP contribution is 2.08. The molecule has 0 radical (unpaired) electrons. The molecule has 0 aromatic carbocycles. The minimum absolute atomic E-state index is 0.274. The lowest BCUT2D eigenvalue weighted by molar-refractivity contribution is -0.147. The van der Waals surface area contributed by atoms with Crippen molar-refractivity contribution in [3.63, 3.8) is 0 Å². The number of esters is 1. The molecule has 1 amide bonds. The maximum absolute atomic E-state index is 11.9. The topological polar surface area (TPSA) is 64.6 Å². The molecule has 0 aliphatic carbocycles. The van der Waals surface area contributed by atoms with Crippen molar-refractivity contribution in [1.29, 1.82) is 0 Å². The molecule has 0 aromatic rings. The fraction of sp³-hybridized carbons (Fsp3) is 0.857. The Bertz CT molecular complexity index is 277. The molecule has 0 aliphatic heterocycles. The lowest BCUT2D eigenvalue weighted by Crippen LogP contribution is -2.43. The fourth-order valence-corrected chi connectivity index (χ4v) is 1.41. The van der Waals surface area contributed by atoms with Crippen LogP contribution in [0.5, 0.6) is 0 Å². The Labute approximate surface area is 116 Å². The van der Waals surface area contributed by atoms with E-state index in [0.717, 1.165) is 6.42 Å². The van der Waals surface area contributed by atoms with Crippen LogP contribution in [0.2, 0.25) is 0 Å². The Balaban J connectivity index is 4.36. The SMILES string of the molecule is CCCOC(=O)N[C@@H](CC(C)C)C(=O)OCC(C)C. The van der Waals surface area contributed by atoms with E-state index in [0.29, 0.717) is 19.6 Å². The Morgan fingerprint density at radius 3 is 2.16 bits per heavy atom. The summed E-state index contributed by atoms with van der Waals surface area (Å²) < 4.78 is 10.1. The van der Waals surface area contributed by atoms with E-state index >= 15 is 0 Å². The minimum atomic E-state index is -0.636. The van der Waals surface area contributed by atoms with Gasteiger partial charge in [-0.1, -0.05) is 34.6 Å². The van der Waals surface area contributed by atoms with Gasteiger partial charge in [-0.25, -0.2) is 9.59 Å². The van der Waals surface area contributed by atoms with E-state index in [-0.39, 0.29) is 11.8 Å². The second-order valence-electron chi connectivity index (χ2n) is 5.49. The van der Waals surface area contributed by atoms with Crippen molar-refractivity contribution in [2.45, 2.75) is 53.5 Å². The summed E-state index contributed by atoms with van der Waals surface area (Å²) in [5, 5.41) is 2.57. The average Bonchev–Trinajstić information content (AvgIpc) is 2.31. The van der Waals surface area contributed by atoms with E-state index in [1.54, 1.807) is 0 Å². The second-order valence-corrected chi connectivity index (χ2v) is 5.49. The molecule has 1 N–H and O–H groups in total. The highest BCUT2D eigenvalue weighted by molar-refractivity contribution is 5.81. The number of amides is 1. The third-order valence-corrected chi connectivity index (χ3v) is 2.28. The van der Waals surface area contributed by atoms with Gasteiger partial charge in [0.25, 0.3) is 0 Å². The number of rotatable bonds is 8. The van der Waals surface area contributed by atoms with Crippen molar-refractivity contribution in [1.82, 2.24) is 5.32 Å². The van der Waals surface area contributed by atoms with Crippen molar-refractivity contribution < 1.29 is 19.1 Å². The molecule has 1 atom stereocenters. The van der Waals surface area contributed by atoms with Gasteiger partial charge in [0, 0.05) is 0 Å². The molecule has 5 nitrogen and oxygen atoms in total. The normalized spacial score (nSPS) is 12.4. The molecule has 112 valence electrons. The summed E-state index contributed by atoms with van der Waals surface area (Å²) in [6.45, 7) is 10.5. The van der Waals surface area contributed by atoms with Crippen LogP contribution in [-0.2, 0) is 14.3 Å². The van der Waals surface area contributed by atoms with Gasteiger partial charge in [0.2, 0.25) is 0 Å². The van der Waals surface area contributed by atoms with Gasteiger partial charge in [0.1, 0.15) is 6.04 Å². The zero-order chi connectivity index (χ0) is 14.8. The molecular weight excluding hydrogens is 246 g/mol. The predicted octanol–water partition coefficient (Wildman–Crippen LogP) is 2.74. The van der Waals surface area contributed by atoms with Crippen LogP contribution < -0.4 is 5.32 Å². The van der Waals surface area contributed by atoms with Gasteiger partial charge in [-0.2, -0.15) is 0 Å². The average molecular weight is 273 g/mol. The summed E-state index contributed by atoms with van der Waals surface area (Å²) in [5.41, 5.74) is 0. The van der Waals surface area contributed by atoms with Crippen LogP contribution in [0.4, 0.5) is 4.79 Å². The summed E-state index contributed by atoms with van der Waals surface area (Å²) in [4.78, 5) is 23.4. The summed E-state index contributed by atoms with van der Waals surface area (Å²) in [5.74, 6) is 0.162. The fourth-order valence-electron chi connectivity index (χ4n) is 1.41. The van der Waals surface area contributed by atoms with Gasteiger partial charge < -0.3 is 14.8 Å². The van der Waals surface area contributed by atoms with E-state index in [2.05, 4.69) is 5.32 Å². The van der Waals surface area contributed by atoms with Crippen molar-refractivity contribution in [2.24, 2.45) is 11.8 Å². The van der Waals surface area contributed by atoms with Gasteiger partial charge in [0.05, 0.1) is 13.2 Å². The number of ether oxygens (including phenoxy) is 2. The molecule has 0 saturated carbocycles. The number of carbonyl (C=O) groups is 2. The summed E-state index contributed by atoms with van der Waals surface area (Å²) in [6.07, 6.45) is 0.729. The molecule has 0 heterocycles. The van der Waals surface area contributed by atoms with E-state index in [9.17, 15) is 9.59 Å². The van der Waals surface area contributed by atoms with Gasteiger partial charge in [-0.05, 0) is 24.7 Å². The zero-order valence-corrected chi connectivity index (χ0v) is 12.7. The summed E-state index contributed by atoms with van der Waals surface area (Å²) in [6, 6.07) is -0.636. The maximum atomic E-state index is 11.9. The first-order valence-corrected chi connectivity index (χ1v) is 6.96. The van der Waals surface area contributed by atoms with E-state index in [1.165, 1.54) is 0 Å². The van der Waals surface area contributed by atoms with Gasteiger partial charge in [0.15, 0.2) is 0 Å². The van der Waals surface area contributed by atoms with E-state index < -0.39 is 18.1 Å². The quantitative estimate of drug-likeness (QED) is 0.691. The van der Waals surface area contributed by atoms with Gasteiger partial charge in [-0.15, -0.1) is 0 Å². The highest BCUT2D eigenvalue weighted by Gasteiger charge is 2.24. The molecule has 0 unspecified atom stereocenters. The lowest BCUT2D eigenvalue weighted by Gasteiger charge is -2.19. The maximum Gasteiger partial charge on any atom is 0.407 e. The van der Waals surface area contributed by atoms with Crippen molar-refractivity contribution in [2.75, 3.05) is 13.2 Å². The number of nitrogens with one attached hydrogen (secondary N) is 1. The first-order chi connectivity index (χ1) is 8.86. The Hall–Kier alpha value is -1.26. The lowest BCUT2D eigenvalue weighted by atomic mass is 10.0.